The molecule has 29 heavy (non-hydrogen) atoms. The van der Waals surface area contributed by atoms with Gasteiger partial charge in [-0.25, -0.2) is 9.59 Å². The van der Waals surface area contributed by atoms with Crippen LogP contribution in [0.15, 0.2) is 61.4 Å². The van der Waals surface area contributed by atoms with Crippen LogP contribution in [0.3, 0.4) is 0 Å². The fourth-order valence-electron chi connectivity index (χ4n) is 3.63. The standard InChI is InChI=1S/C25H26O4/c1-4-24(26)28-13-7-6-8-18-9-12-21-19(15-18)10-11-20-16-23(29-25(27)5-2)17(3)14-22(20)21/h4-5,9-12,15-17H,1-2,6-8,13-14H2,3H3. The van der Waals surface area contributed by atoms with Gasteiger partial charge < -0.3 is 9.47 Å². The van der Waals surface area contributed by atoms with Crippen molar-refractivity contribution in [1.29, 1.82) is 0 Å². The van der Waals surface area contributed by atoms with Crippen molar-refractivity contribution in [3.8, 4) is 0 Å². The zero-order valence-electron chi connectivity index (χ0n) is 16.8. The average Bonchev–Trinajstić information content (AvgIpc) is 2.73. The molecule has 0 spiro atoms. The summed E-state index contributed by atoms with van der Waals surface area (Å²) in [5, 5.41) is 2.45. The van der Waals surface area contributed by atoms with Gasteiger partial charge in [0.1, 0.15) is 5.76 Å². The molecule has 1 aliphatic rings. The van der Waals surface area contributed by atoms with Crippen LogP contribution in [0.4, 0.5) is 0 Å². The van der Waals surface area contributed by atoms with Crippen LogP contribution in [0.1, 0.15) is 36.5 Å². The first-order valence-electron chi connectivity index (χ1n) is 9.91. The monoisotopic (exact) mass is 390 g/mol. The number of hydrogen-bond donors (Lipinski definition) is 0. The van der Waals surface area contributed by atoms with E-state index in [2.05, 4.69) is 50.4 Å². The Morgan fingerprint density at radius 2 is 1.90 bits per heavy atom. The lowest BCUT2D eigenvalue weighted by Gasteiger charge is -2.23. The van der Waals surface area contributed by atoms with Crippen molar-refractivity contribution in [3.63, 3.8) is 0 Å². The minimum absolute atomic E-state index is 0.134. The number of fused-ring (bicyclic) bond motifs is 3. The maximum absolute atomic E-state index is 11.6. The summed E-state index contributed by atoms with van der Waals surface area (Å²) in [5.41, 5.74) is 3.66. The first-order valence-corrected chi connectivity index (χ1v) is 9.91. The number of hydrogen-bond acceptors (Lipinski definition) is 4. The van der Waals surface area contributed by atoms with Gasteiger partial charge in [-0.2, -0.15) is 0 Å². The number of aryl methyl sites for hydroxylation is 1. The number of unbranched alkanes of at least 4 members (excludes halogenated alkanes) is 1. The van der Waals surface area contributed by atoms with Gasteiger partial charge in [0.15, 0.2) is 0 Å². The Labute approximate surface area is 171 Å². The quantitative estimate of drug-likeness (QED) is 0.355. The highest BCUT2D eigenvalue weighted by molar-refractivity contribution is 5.90. The van der Waals surface area contributed by atoms with Gasteiger partial charge in [-0.1, -0.05) is 50.4 Å². The van der Waals surface area contributed by atoms with Crippen LogP contribution in [0.5, 0.6) is 0 Å². The Bertz CT molecular complexity index is 984. The van der Waals surface area contributed by atoms with Gasteiger partial charge in [-0.05, 0) is 59.2 Å². The van der Waals surface area contributed by atoms with E-state index in [1.807, 2.05) is 6.08 Å². The maximum Gasteiger partial charge on any atom is 0.335 e. The molecule has 4 heteroatoms. The zero-order chi connectivity index (χ0) is 20.8. The molecule has 0 saturated heterocycles. The highest BCUT2D eigenvalue weighted by Gasteiger charge is 2.22. The van der Waals surface area contributed by atoms with Gasteiger partial charge in [0.05, 0.1) is 6.61 Å². The Morgan fingerprint density at radius 3 is 2.66 bits per heavy atom. The molecule has 0 aromatic heterocycles. The summed E-state index contributed by atoms with van der Waals surface area (Å²) in [6.07, 6.45) is 7.90. The molecule has 2 aromatic rings. The van der Waals surface area contributed by atoms with Crippen molar-refractivity contribution in [1.82, 2.24) is 0 Å². The second-order valence-electron chi connectivity index (χ2n) is 7.29. The predicted octanol–water partition coefficient (Wildman–Crippen LogP) is 5.15. The lowest BCUT2D eigenvalue weighted by Crippen LogP contribution is -2.15. The third-order valence-electron chi connectivity index (χ3n) is 5.18. The van der Waals surface area contributed by atoms with E-state index in [1.165, 1.54) is 34.1 Å². The number of benzene rings is 2. The molecular weight excluding hydrogens is 364 g/mol. The highest BCUT2D eigenvalue weighted by Crippen LogP contribution is 2.34. The van der Waals surface area contributed by atoms with Crippen LogP contribution in [0, 0.1) is 5.92 Å². The third kappa shape index (κ3) is 5.02. The summed E-state index contributed by atoms with van der Waals surface area (Å²) in [4.78, 5) is 22.6. The van der Waals surface area contributed by atoms with Crippen LogP contribution in [0.2, 0.25) is 0 Å². The van der Waals surface area contributed by atoms with Crippen LogP contribution >= 0.6 is 0 Å². The van der Waals surface area contributed by atoms with Gasteiger partial charge in [-0.15, -0.1) is 0 Å². The topological polar surface area (TPSA) is 52.6 Å². The lowest BCUT2D eigenvalue weighted by atomic mass is 9.85. The molecule has 2 aromatic carbocycles. The smallest absolute Gasteiger partial charge is 0.335 e. The predicted molar refractivity (Wildman–Crippen MR) is 115 cm³/mol. The second kappa shape index (κ2) is 9.37. The average molecular weight is 390 g/mol. The molecule has 0 heterocycles. The van der Waals surface area contributed by atoms with Crippen molar-refractivity contribution < 1.29 is 19.1 Å². The molecule has 0 radical (unpaired) electrons. The Kier molecular flexibility index (Phi) is 6.65. The zero-order valence-corrected chi connectivity index (χ0v) is 16.8. The molecule has 0 N–H and O–H groups in total. The number of carbonyl (C=O) groups excluding carboxylic acids is 2. The van der Waals surface area contributed by atoms with Crippen LogP contribution < -0.4 is 0 Å². The fraction of sp³-hybridized carbons (Fsp3) is 0.280. The number of allylic oxidation sites excluding steroid dienone is 1. The molecule has 4 nitrogen and oxygen atoms in total. The van der Waals surface area contributed by atoms with Crippen molar-refractivity contribution in [3.05, 3.63) is 78.1 Å². The van der Waals surface area contributed by atoms with Gasteiger partial charge in [0.25, 0.3) is 0 Å². The SMILES string of the molecule is C=CC(=O)OCCCCc1ccc2c3c(ccc2c1)C=C(OC(=O)C=C)C(C)C3. The highest BCUT2D eigenvalue weighted by atomic mass is 16.5. The van der Waals surface area contributed by atoms with Crippen LogP contribution in [0.25, 0.3) is 16.8 Å². The molecule has 1 unspecified atom stereocenters. The molecule has 1 aliphatic carbocycles. The number of esters is 2. The molecule has 1 atom stereocenters. The first-order chi connectivity index (χ1) is 14.0. The number of rotatable bonds is 8. The summed E-state index contributed by atoms with van der Waals surface area (Å²) < 4.78 is 10.4. The van der Waals surface area contributed by atoms with Crippen LogP contribution in [-0.4, -0.2) is 18.5 Å². The summed E-state index contributed by atoms with van der Waals surface area (Å²) in [7, 11) is 0. The molecular formula is C25H26O4. The largest absolute Gasteiger partial charge is 0.463 e. The molecule has 0 amide bonds. The van der Waals surface area contributed by atoms with Gasteiger partial charge in [0, 0.05) is 18.1 Å². The van der Waals surface area contributed by atoms with E-state index in [4.69, 9.17) is 9.47 Å². The molecule has 0 aliphatic heterocycles. The summed E-state index contributed by atoms with van der Waals surface area (Å²) in [6, 6.07) is 10.8. The summed E-state index contributed by atoms with van der Waals surface area (Å²) in [6.45, 7) is 9.34. The summed E-state index contributed by atoms with van der Waals surface area (Å²) in [5.74, 6) is 0.0351. The number of carbonyl (C=O) groups is 2. The summed E-state index contributed by atoms with van der Waals surface area (Å²) >= 11 is 0. The third-order valence-corrected chi connectivity index (χ3v) is 5.18. The Hall–Kier alpha value is -3.14. The van der Waals surface area contributed by atoms with Gasteiger partial charge in [-0.3, -0.25) is 0 Å². The lowest BCUT2D eigenvalue weighted by molar-refractivity contribution is -0.138. The molecule has 3 rings (SSSR count). The number of ether oxygens (including phenoxy) is 2. The van der Waals surface area contributed by atoms with E-state index in [9.17, 15) is 9.59 Å². The molecule has 0 saturated carbocycles. The molecule has 0 fully saturated rings. The maximum atomic E-state index is 11.6. The first kappa shape index (κ1) is 20.6. The van der Waals surface area contributed by atoms with Crippen molar-refractivity contribution in [2.24, 2.45) is 5.92 Å². The van der Waals surface area contributed by atoms with E-state index in [0.29, 0.717) is 12.4 Å². The Morgan fingerprint density at radius 1 is 1.10 bits per heavy atom. The van der Waals surface area contributed by atoms with E-state index >= 15 is 0 Å². The fourth-order valence-corrected chi connectivity index (χ4v) is 3.63. The normalized spacial score (nSPS) is 15.2. The van der Waals surface area contributed by atoms with Crippen molar-refractivity contribution in [2.45, 2.75) is 32.6 Å². The van der Waals surface area contributed by atoms with Crippen molar-refractivity contribution in [2.75, 3.05) is 6.61 Å². The van der Waals surface area contributed by atoms with E-state index in [0.717, 1.165) is 31.2 Å². The Balaban J connectivity index is 1.72. The molecule has 150 valence electrons. The van der Waals surface area contributed by atoms with E-state index < -0.39 is 5.97 Å². The van der Waals surface area contributed by atoms with E-state index in [1.54, 1.807) is 0 Å². The van der Waals surface area contributed by atoms with Gasteiger partial charge in [0.2, 0.25) is 0 Å². The minimum Gasteiger partial charge on any atom is -0.463 e. The van der Waals surface area contributed by atoms with Crippen LogP contribution in [-0.2, 0) is 31.9 Å². The van der Waals surface area contributed by atoms with Gasteiger partial charge >= 0.3 is 11.9 Å². The second-order valence-corrected chi connectivity index (χ2v) is 7.29. The minimum atomic E-state index is -0.420. The molecule has 0 bridgehead atoms. The van der Waals surface area contributed by atoms with Crippen molar-refractivity contribution >= 4 is 28.8 Å². The van der Waals surface area contributed by atoms with E-state index in [-0.39, 0.29) is 11.9 Å².